The molecule has 1 aliphatic carbocycles. The second kappa shape index (κ2) is 7.77. The third-order valence-corrected chi connectivity index (χ3v) is 4.92. The second-order valence-corrected chi connectivity index (χ2v) is 6.62. The molecule has 7 nitrogen and oxygen atoms in total. The molecule has 1 saturated carbocycles. The second-order valence-electron chi connectivity index (χ2n) is 6.62. The van der Waals surface area contributed by atoms with Crippen molar-refractivity contribution in [3.05, 3.63) is 11.8 Å². The van der Waals surface area contributed by atoms with Gasteiger partial charge in [-0.25, -0.2) is 4.79 Å². The van der Waals surface area contributed by atoms with Gasteiger partial charge in [0.2, 0.25) is 11.8 Å². The van der Waals surface area contributed by atoms with Gasteiger partial charge in [-0.3, -0.25) is 4.79 Å². The summed E-state index contributed by atoms with van der Waals surface area (Å²) in [5.74, 6) is 0.346. The highest BCUT2D eigenvalue weighted by Gasteiger charge is 2.32. The summed E-state index contributed by atoms with van der Waals surface area (Å²) in [6.45, 7) is 2.90. The Morgan fingerprint density at radius 1 is 1.08 bits per heavy atom. The molecule has 132 valence electrons. The van der Waals surface area contributed by atoms with Gasteiger partial charge >= 0.3 is 11.9 Å². The van der Waals surface area contributed by atoms with Crippen LogP contribution in [0.3, 0.4) is 0 Å². The number of carbonyl (C=O) groups excluding carboxylic acids is 2. The Balaban J connectivity index is 1.63. The van der Waals surface area contributed by atoms with E-state index in [2.05, 4.69) is 10.2 Å². The van der Waals surface area contributed by atoms with Crippen LogP contribution in [-0.4, -0.2) is 46.7 Å². The molecule has 1 aromatic rings. The van der Waals surface area contributed by atoms with Crippen molar-refractivity contribution >= 4 is 11.9 Å². The van der Waals surface area contributed by atoms with Crippen molar-refractivity contribution in [2.75, 3.05) is 19.7 Å². The monoisotopic (exact) mass is 335 g/mol. The lowest BCUT2D eigenvalue weighted by molar-refractivity contribution is -0.160. The van der Waals surface area contributed by atoms with E-state index < -0.39 is 11.9 Å². The lowest BCUT2D eigenvalue weighted by atomic mass is 9.89. The molecule has 1 atom stereocenters. The van der Waals surface area contributed by atoms with Crippen molar-refractivity contribution in [1.29, 1.82) is 0 Å². The molecule has 1 unspecified atom stereocenters. The van der Waals surface area contributed by atoms with E-state index in [1.165, 1.54) is 24.2 Å². The van der Waals surface area contributed by atoms with E-state index in [1.54, 1.807) is 6.92 Å². The number of hydrogen-bond acceptors (Lipinski definition) is 6. The standard InChI is InChI=1S/C17H25N3O4/c1-2-23-17(22)16(21)20-10-6-9-13(11-20)15-19-18-14(24-15)12-7-4-3-5-8-12/h12-13H,2-11H2,1H3. The normalized spacial score (nSPS) is 22.4. The van der Waals surface area contributed by atoms with Crippen molar-refractivity contribution < 1.29 is 18.7 Å². The molecule has 24 heavy (non-hydrogen) atoms. The van der Waals surface area contributed by atoms with E-state index in [0.29, 0.717) is 24.9 Å². The van der Waals surface area contributed by atoms with Crippen molar-refractivity contribution in [2.24, 2.45) is 0 Å². The lowest BCUT2D eigenvalue weighted by Gasteiger charge is -2.30. The van der Waals surface area contributed by atoms with Gasteiger partial charge in [-0.15, -0.1) is 10.2 Å². The predicted molar refractivity (Wildman–Crippen MR) is 85.3 cm³/mol. The number of aromatic nitrogens is 2. The van der Waals surface area contributed by atoms with Gasteiger partial charge in [0, 0.05) is 19.0 Å². The summed E-state index contributed by atoms with van der Waals surface area (Å²) in [4.78, 5) is 25.3. The summed E-state index contributed by atoms with van der Waals surface area (Å²) in [6.07, 6.45) is 7.64. The zero-order valence-corrected chi connectivity index (χ0v) is 14.2. The van der Waals surface area contributed by atoms with Gasteiger partial charge in [0.05, 0.1) is 12.5 Å². The minimum absolute atomic E-state index is 0.00182. The maximum atomic E-state index is 12.1. The number of nitrogens with zero attached hydrogens (tertiary/aromatic N) is 3. The largest absolute Gasteiger partial charge is 0.459 e. The molecule has 1 amide bonds. The molecule has 1 aromatic heterocycles. The first-order valence-electron chi connectivity index (χ1n) is 8.98. The molecule has 3 rings (SSSR count). The number of amides is 1. The molecule has 0 aromatic carbocycles. The van der Waals surface area contributed by atoms with Crippen molar-refractivity contribution in [2.45, 2.75) is 63.7 Å². The van der Waals surface area contributed by atoms with E-state index >= 15 is 0 Å². The van der Waals surface area contributed by atoms with Crippen LogP contribution in [0.2, 0.25) is 0 Å². The first-order valence-corrected chi connectivity index (χ1v) is 8.98. The first kappa shape index (κ1) is 16.9. The fraction of sp³-hybridized carbons (Fsp3) is 0.765. The number of hydrogen-bond donors (Lipinski definition) is 0. The number of rotatable bonds is 3. The van der Waals surface area contributed by atoms with E-state index in [9.17, 15) is 9.59 Å². The average molecular weight is 335 g/mol. The number of likely N-dealkylation sites (tertiary alicyclic amines) is 1. The number of piperidine rings is 1. The Hall–Kier alpha value is -1.92. The van der Waals surface area contributed by atoms with Crippen LogP contribution in [0.1, 0.15) is 75.5 Å². The fourth-order valence-corrected chi connectivity index (χ4v) is 3.61. The minimum Gasteiger partial charge on any atom is -0.459 e. The summed E-state index contributed by atoms with van der Waals surface area (Å²) in [6, 6.07) is 0. The lowest BCUT2D eigenvalue weighted by Crippen LogP contribution is -2.43. The molecule has 0 radical (unpaired) electrons. The summed E-state index contributed by atoms with van der Waals surface area (Å²) >= 11 is 0. The van der Waals surface area contributed by atoms with Gasteiger partial charge < -0.3 is 14.1 Å². The Morgan fingerprint density at radius 3 is 2.46 bits per heavy atom. The van der Waals surface area contributed by atoms with Crippen LogP contribution in [0.5, 0.6) is 0 Å². The summed E-state index contributed by atoms with van der Waals surface area (Å²) in [7, 11) is 0. The topological polar surface area (TPSA) is 85.5 Å². The van der Waals surface area contributed by atoms with Gasteiger partial charge in [0.15, 0.2) is 0 Å². The Kier molecular flexibility index (Phi) is 5.48. The van der Waals surface area contributed by atoms with Gasteiger partial charge in [0.1, 0.15) is 0 Å². The molecule has 0 N–H and O–H groups in total. The van der Waals surface area contributed by atoms with Crippen molar-refractivity contribution in [3.63, 3.8) is 0 Å². The van der Waals surface area contributed by atoms with Crippen LogP contribution in [0.25, 0.3) is 0 Å². The molecule has 1 aliphatic heterocycles. The van der Waals surface area contributed by atoms with Crippen LogP contribution >= 0.6 is 0 Å². The van der Waals surface area contributed by atoms with E-state index in [4.69, 9.17) is 9.15 Å². The Morgan fingerprint density at radius 2 is 1.75 bits per heavy atom. The smallest absolute Gasteiger partial charge is 0.397 e. The molecule has 1 saturated heterocycles. The molecule has 2 heterocycles. The van der Waals surface area contributed by atoms with Crippen LogP contribution in [0.4, 0.5) is 0 Å². The highest BCUT2D eigenvalue weighted by molar-refractivity contribution is 6.32. The average Bonchev–Trinajstić information content (AvgIpc) is 3.12. The molecule has 2 fully saturated rings. The Bertz CT molecular complexity index is 580. The third-order valence-electron chi connectivity index (χ3n) is 4.92. The highest BCUT2D eigenvalue weighted by Crippen LogP contribution is 2.33. The van der Waals surface area contributed by atoms with Crippen LogP contribution in [0, 0.1) is 0 Å². The third kappa shape index (κ3) is 3.76. The number of carbonyl (C=O) groups is 2. The van der Waals surface area contributed by atoms with E-state index in [-0.39, 0.29) is 12.5 Å². The van der Waals surface area contributed by atoms with Gasteiger partial charge in [-0.2, -0.15) is 0 Å². The summed E-state index contributed by atoms with van der Waals surface area (Å²) in [5, 5.41) is 8.46. The zero-order valence-electron chi connectivity index (χ0n) is 14.2. The molecule has 7 heteroatoms. The van der Waals surface area contributed by atoms with Crippen LogP contribution in [0.15, 0.2) is 4.42 Å². The van der Waals surface area contributed by atoms with Crippen LogP contribution < -0.4 is 0 Å². The van der Waals surface area contributed by atoms with Gasteiger partial charge in [0.25, 0.3) is 0 Å². The fourth-order valence-electron chi connectivity index (χ4n) is 3.61. The quantitative estimate of drug-likeness (QED) is 0.623. The maximum Gasteiger partial charge on any atom is 0.397 e. The van der Waals surface area contributed by atoms with Crippen molar-refractivity contribution in [3.8, 4) is 0 Å². The van der Waals surface area contributed by atoms with Gasteiger partial charge in [-0.1, -0.05) is 19.3 Å². The van der Waals surface area contributed by atoms with Crippen LogP contribution in [-0.2, 0) is 14.3 Å². The summed E-state index contributed by atoms with van der Waals surface area (Å²) in [5.41, 5.74) is 0. The first-order chi connectivity index (χ1) is 11.7. The minimum atomic E-state index is -0.786. The maximum absolute atomic E-state index is 12.1. The molecule has 0 bridgehead atoms. The molecule has 0 spiro atoms. The zero-order chi connectivity index (χ0) is 16.9. The van der Waals surface area contributed by atoms with Crippen molar-refractivity contribution in [1.82, 2.24) is 15.1 Å². The number of esters is 1. The number of ether oxygens (including phenoxy) is 1. The molecule has 2 aliphatic rings. The van der Waals surface area contributed by atoms with E-state index in [1.807, 2.05) is 0 Å². The van der Waals surface area contributed by atoms with E-state index in [0.717, 1.165) is 31.6 Å². The molecular weight excluding hydrogens is 310 g/mol. The van der Waals surface area contributed by atoms with Gasteiger partial charge in [-0.05, 0) is 32.6 Å². The summed E-state index contributed by atoms with van der Waals surface area (Å²) < 4.78 is 10.7. The highest BCUT2D eigenvalue weighted by atomic mass is 16.5. The predicted octanol–water partition coefficient (Wildman–Crippen LogP) is 2.39. The Labute approximate surface area is 141 Å². The molecular formula is C17H25N3O4. The SMILES string of the molecule is CCOC(=O)C(=O)N1CCCC(c2nnc(C3CCCCC3)o2)C1.